The summed E-state index contributed by atoms with van der Waals surface area (Å²) in [5, 5.41) is 3.35. The first-order valence-corrected chi connectivity index (χ1v) is 8.34. The molecule has 1 amide bonds. The third kappa shape index (κ3) is 5.61. The lowest BCUT2D eigenvalue weighted by Crippen LogP contribution is -2.35. The number of hydrogen-bond donors (Lipinski definition) is 1. The van der Waals surface area contributed by atoms with Crippen molar-refractivity contribution < 1.29 is 4.79 Å². The maximum absolute atomic E-state index is 12.1. The van der Waals surface area contributed by atoms with Crippen LogP contribution in [-0.2, 0) is 4.79 Å². The molecule has 1 fully saturated rings. The maximum atomic E-state index is 12.1. The molecule has 1 rings (SSSR count). The zero-order valence-electron chi connectivity index (χ0n) is 12.1. The summed E-state index contributed by atoms with van der Waals surface area (Å²) in [5.74, 6) is 3.35. The number of nitrogens with one attached hydrogen (secondary N) is 1. The molecule has 1 N–H and O–H groups in total. The molecule has 1 saturated heterocycles. The van der Waals surface area contributed by atoms with Crippen LogP contribution in [0, 0.1) is 5.92 Å². The van der Waals surface area contributed by atoms with Crippen LogP contribution in [0.25, 0.3) is 0 Å². The third-order valence-electron chi connectivity index (χ3n) is 3.87. The Hall–Kier alpha value is -0.220. The van der Waals surface area contributed by atoms with Crippen LogP contribution in [0.3, 0.4) is 0 Å². The quantitative estimate of drug-likeness (QED) is 0.689. The van der Waals surface area contributed by atoms with Gasteiger partial charge in [0.1, 0.15) is 0 Å². The van der Waals surface area contributed by atoms with E-state index in [2.05, 4.69) is 19.2 Å². The summed E-state index contributed by atoms with van der Waals surface area (Å²) >= 11 is 1.95. The second-order valence-electron chi connectivity index (χ2n) is 5.24. The van der Waals surface area contributed by atoms with Crippen molar-refractivity contribution >= 4 is 17.7 Å². The average molecular weight is 272 g/mol. The first-order chi connectivity index (χ1) is 8.65. The van der Waals surface area contributed by atoms with Gasteiger partial charge in [-0.25, -0.2) is 0 Å². The third-order valence-corrected chi connectivity index (χ3v) is 4.80. The van der Waals surface area contributed by atoms with E-state index in [0.717, 1.165) is 31.7 Å². The monoisotopic (exact) mass is 272 g/mol. The van der Waals surface area contributed by atoms with Gasteiger partial charge in [0.15, 0.2) is 0 Å². The molecular formula is C14H28N2OS. The van der Waals surface area contributed by atoms with Crippen LogP contribution < -0.4 is 5.32 Å². The minimum atomic E-state index is 0.316. The number of amides is 1. The van der Waals surface area contributed by atoms with Crippen molar-refractivity contribution in [1.29, 1.82) is 0 Å². The Morgan fingerprint density at radius 3 is 2.94 bits per heavy atom. The SMILES string of the molecule is CCSCCC(C)N(C)C(=O)CCC1CCNC1. The second-order valence-corrected chi connectivity index (χ2v) is 6.63. The summed E-state index contributed by atoms with van der Waals surface area (Å²) in [6, 6.07) is 0.373. The van der Waals surface area contributed by atoms with Crippen molar-refractivity contribution in [3.63, 3.8) is 0 Å². The van der Waals surface area contributed by atoms with Crippen LogP contribution in [0.5, 0.6) is 0 Å². The molecule has 0 spiro atoms. The Balaban J connectivity index is 2.17. The molecule has 3 nitrogen and oxygen atoms in total. The highest BCUT2D eigenvalue weighted by Crippen LogP contribution is 2.16. The molecule has 0 aromatic rings. The fourth-order valence-corrected chi connectivity index (χ4v) is 3.10. The lowest BCUT2D eigenvalue weighted by atomic mass is 10.0. The molecule has 2 atom stereocenters. The van der Waals surface area contributed by atoms with Gasteiger partial charge in [0.2, 0.25) is 5.91 Å². The largest absolute Gasteiger partial charge is 0.343 e. The molecule has 0 radical (unpaired) electrons. The lowest BCUT2D eigenvalue weighted by molar-refractivity contribution is -0.132. The van der Waals surface area contributed by atoms with Crippen molar-refractivity contribution in [3.05, 3.63) is 0 Å². The summed E-state index contributed by atoms with van der Waals surface area (Å²) in [6.07, 6.45) is 4.10. The molecule has 0 aliphatic carbocycles. The lowest BCUT2D eigenvalue weighted by Gasteiger charge is -2.25. The van der Waals surface area contributed by atoms with Crippen LogP contribution in [-0.4, -0.2) is 48.5 Å². The van der Waals surface area contributed by atoms with E-state index < -0.39 is 0 Å². The zero-order chi connectivity index (χ0) is 13.4. The Labute approximate surface area is 116 Å². The van der Waals surface area contributed by atoms with Gasteiger partial charge in [0.25, 0.3) is 0 Å². The normalized spacial score (nSPS) is 20.9. The van der Waals surface area contributed by atoms with Crippen LogP contribution >= 0.6 is 11.8 Å². The molecule has 0 aromatic heterocycles. The van der Waals surface area contributed by atoms with Gasteiger partial charge >= 0.3 is 0 Å². The van der Waals surface area contributed by atoms with E-state index in [4.69, 9.17) is 0 Å². The topological polar surface area (TPSA) is 32.3 Å². The summed E-state index contributed by atoms with van der Waals surface area (Å²) in [4.78, 5) is 14.0. The van der Waals surface area contributed by atoms with Crippen molar-refractivity contribution in [2.24, 2.45) is 5.92 Å². The van der Waals surface area contributed by atoms with Gasteiger partial charge in [0.05, 0.1) is 0 Å². The fraction of sp³-hybridized carbons (Fsp3) is 0.929. The van der Waals surface area contributed by atoms with Crippen molar-refractivity contribution in [1.82, 2.24) is 10.2 Å². The van der Waals surface area contributed by atoms with Crippen molar-refractivity contribution in [2.75, 3.05) is 31.6 Å². The van der Waals surface area contributed by atoms with Gasteiger partial charge in [-0.05, 0) is 56.7 Å². The van der Waals surface area contributed by atoms with Crippen LogP contribution in [0.4, 0.5) is 0 Å². The van der Waals surface area contributed by atoms with E-state index in [9.17, 15) is 4.79 Å². The minimum absolute atomic E-state index is 0.316. The summed E-state index contributed by atoms with van der Waals surface area (Å²) < 4.78 is 0. The standard InChI is InChI=1S/C14H28N2OS/c1-4-18-10-8-12(2)16(3)14(17)6-5-13-7-9-15-11-13/h12-13,15H,4-11H2,1-3H3. The number of thioether (sulfide) groups is 1. The van der Waals surface area contributed by atoms with E-state index >= 15 is 0 Å². The van der Waals surface area contributed by atoms with Crippen LogP contribution in [0.15, 0.2) is 0 Å². The molecular weight excluding hydrogens is 244 g/mol. The maximum Gasteiger partial charge on any atom is 0.222 e. The highest BCUT2D eigenvalue weighted by molar-refractivity contribution is 7.99. The molecule has 0 saturated carbocycles. The second kappa shape index (κ2) is 8.81. The highest BCUT2D eigenvalue weighted by atomic mass is 32.2. The van der Waals surface area contributed by atoms with Crippen molar-refractivity contribution in [3.8, 4) is 0 Å². The number of hydrogen-bond acceptors (Lipinski definition) is 3. The predicted molar refractivity (Wildman–Crippen MR) is 80.1 cm³/mol. The van der Waals surface area contributed by atoms with Crippen LogP contribution in [0.2, 0.25) is 0 Å². The van der Waals surface area contributed by atoms with Gasteiger partial charge < -0.3 is 10.2 Å². The first kappa shape index (κ1) is 15.8. The highest BCUT2D eigenvalue weighted by Gasteiger charge is 2.19. The van der Waals surface area contributed by atoms with Gasteiger partial charge in [-0.3, -0.25) is 4.79 Å². The van der Waals surface area contributed by atoms with Gasteiger partial charge in [-0.2, -0.15) is 11.8 Å². The van der Waals surface area contributed by atoms with Gasteiger partial charge in [-0.1, -0.05) is 6.92 Å². The molecule has 1 heterocycles. The Morgan fingerprint density at radius 2 is 2.33 bits per heavy atom. The summed E-state index contributed by atoms with van der Waals surface area (Å²) in [5.41, 5.74) is 0. The molecule has 0 aromatic carbocycles. The molecule has 1 aliphatic rings. The number of carbonyl (C=O) groups excluding carboxylic acids is 1. The first-order valence-electron chi connectivity index (χ1n) is 7.19. The Bertz CT molecular complexity index is 242. The fourth-order valence-electron chi connectivity index (χ4n) is 2.30. The predicted octanol–water partition coefficient (Wildman–Crippen LogP) is 2.37. The van der Waals surface area contributed by atoms with E-state index in [1.165, 1.54) is 12.2 Å². The molecule has 106 valence electrons. The number of rotatable bonds is 8. The molecule has 4 heteroatoms. The molecule has 1 aliphatic heterocycles. The van der Waals surface area contributed by atoms with E-state index in [1.54, 1.807) is 0 Å². The van der Waals surface area contributed by atoms with E-state index in [1.807, 2.05) is 23.7 Å². The number of nitrogens with zero attached hydrogens (tertiary/aromatic N) is 1. The van der Waals surface area contributed by atoms with Gasteiger partial charge in [0, 0.05) is 19.5 Å². The summed E-state index contributed by atoms with van der Waals surface area (Å²) in [7, 11) is 1.95. The average Bonchev–Trinajstić information content (AvgIpc) is 2.88. The molecule has 18 heavy (non-hydrogen) atoms. The smallest absolute Gasteiger partial charge is 0.222 e. The Morgan fingerprint density at radius 1 is 1.56 bits per heavy atom. The number of carbonyl (C=O) groups is 1. The van der Waals surface area contributed by atoms with Crippen LogP contribution in [0.1, 0.15) is 39.5 Å². The summed E-state index contributed by atoms with van der Waals surface area (Å²) in [6.45, 7) is 6.56. The van der Waals surface area contributed by atoms with E-state index in [-0.39, 0.29) is 0 Å². The molecule has 0 bridgehead atoms. The van der Waals surface area contributed by atoms with Gasteiger partial charge in [-0.15, -0.1) is 0 Å². The van der Waals surface area contributed by atoms with E-state index in [0.29, 0.717) is 24.3 Å². The van der Waals surface area contributed by atoms with Crippen molar-refractivity contribution in [2.45, 2.75) is 45.6 Å². The zero-order valence-corrected chi connectivity index (χ0v) is 12.9. The Kier molecular flexibility index (Phi) is 7.75. The minimum Gasteiger partial charge on any atom is -0.343 e. The molecule has 2 unspecified atom stereocenters.